The summed E-state index contributed by atoms with van der Waals surface area (Å²) in [6.45, 7) is 1.67. The number of carbonyl (C=O) groups is 2. The van der Waals surface area contributed by atoms with Crippen molar-refractivity contribution in [2.45, 2.75) is 43.4 Å². The molecule has 0 spiro atoms. The van der Waals surface area contributed by atoms with E-state index in [1.165, 1.54) is 48.5 Å². The molecule has 178 valence electrons. The molecule has 3 rings (SSSR count). The van der Waals surface area contributed by atoms with E-state index in [4.69, 9.17) is 5.73 Å². The Morgan fingerprint density at radius 3 is 2.22 bits per heavy atom. The molecule has 2 fully saturated rings. The highest BCUT2D eigenvalue weighted by Gasteiger charge is 2.30. The molecular formula is C22H33FN4O4S. The molecule has 32 heavy (non-hydrogen) atoms. The topological polar surface area (TPSA) is 104 Å². The third kappa shape index (κ3) is 6.73. The van der Waals surface area contributed by atoms with Gasteiger partial charge in [0, 0.05) is 26.2 Å². The van der Waals surface area contributed by atoms with Crippen LogP contribution in [0, 0.1) is 11.7 Å². The van der Waals surface area contributed by atoms with Crippen molar-refractivity contribution < 1.29 is 22.4 Å². The van der Waals surface area contributed by atoms with E-state index in [0.29, 0.717) is 12.5 Å². The van der Waals surface area contributed by atoms with Gasteiger partial charge in [-0.05, 0) is 43.1 Å². The van der Waals surface area contributed by atoms with Gasteiger partial charge in [0.1, 0.15) is 5.82 Å². The van der Waals surface area contributed by atoms with Gasteiger partial charge >= 0.3 is 0 Å². The standard InChI is InChI=1S/C22H33FN4O4S/c23-19-6-8-20(9-7-19)32(30,31)27-14-12-26(13-15-27)22(29)17-25(16-21(24)28)11-10-18-4-2-1-3-5-18/h6-9,18H,1-5,10-17H2,(H2,24,28). The molecule has 10 heteroatoms. The third-order valence-electron chi connectivity index (χ3n) is 6.36. The number of sulfonamides is 1. The Hall–Kier alpha value is -2.04. The first kappa shape index (κ1) is 24.6. The molecule has 1 saturated carbocycles. The molecule has 1 saturated heterocycles. The molecule has 0 unspecified atom stereocenters. The van der Waals surface area contributed by atoms with E-state index in [2.05, 4.69) is 0 Å². The summed E-state index contributed by atoms with van der Waals surface area (Å²) in [5.74, 6) is -0.455. The number of amides is 2. The molecule has 1 aliphatic heterocycles. The molecule has 2 aliphatic rings. The minimum Gasteiger partial charge on any atom is -0.369 e. The fourth-order valence-electron chi connectivity index (χ4n) is 4.50. The normalized spacial score (nSPS) is 18.8. The largest absolute Gasteiger partial charge is 0.369 e. The summed E-state index contributed by atoms with van der Waals surface area (Å²) in [5.41, 5.74) is 5.38. The second kappa shape index (κ2) is 11.2. The Labute approximate surface area is 189 Å². The fourth-order valence-corrected chi connectivity index (χ4v) is 5.92. The number of piperazine rings is 1. The molecule has 1 heterocycles. The van der Waals surface area contributed by atoms with Gasteiger partial charge < -0.3 is 10.6 Å². The van der Waals surface area contributed by atoms with Crippen LogP contribution in [0.5, 0.6) is 0 Å². The van der Waals surface area contributed by atoms with E-state index >= 15 is 0 Å². The Bertz CT molecular complexity index is 880. The van der Waals surface area contributed by atoms with Crippen LogP contribution in [0.2, 0.25) is 0 Å². The molecule has 0 bridgehead atoms. The Morgan fingerprint density at radius 2 is 1.62 bits per heavy atom. The molecule has 1 aromatic carbocycles. The lowest BCUT2D eigenvalue weighted by atomic mass is 9.87. The summed E-state index contributed by atoms with van der Waals surface area (Å²) in [7, 11) is -3.73. The molecule has 1 aliphatic carbocycles. The van der Waals surface area contributed by atoms with E-state index in [1.54, 1.807) is 9.80 Å². The molecule has 1 aromatic rings. The second-order valence-corrected chi connectivity index (χ2v) is 10.6. The molecule has 2 amide bonds. The van der Waals surface area contributed by atoms with Crippen molar-refractivity contribution in [2.24, 2.45) is 11.7 Å². The third-order valence-corrected chi connectivity index (χ3v) is 8.27. The van der Waals surface area contributed by atoms with E-state index < -0.39 is 21.7 Å². The van der Waals surface area contributed by atoms with Gasteiger partial charge in [-0.15, -0.1) is 0 Å². The van der Waals surface area contributed by atoms with Crippen LogP contribution in [-0.4, -0.2) is 80.2 Å². The first-order chi connectivity index (χ1) is 15.3. The monoisotopic (exact) mass is 468 g/mol. The van der Waals surface area contributed by atoms with Gasteiger partial charge in [-0.25, -0.2) is 12.8 Å². The molecule has 0 atom stereocenters. The van der Waals surface area contributed by atoms with Gasteiger partial charge in [-0.2, -0.15) is 4.31 Å². The van der Waals surface area contributed by atoms with Gasteiger partial charge in [0.05, 0.1) is 18.0 Å². The fraction of sp³-hybridized carbons (Fsp3) is 0.636. The van der Waals surface area contributed by atoms with Gasteiger partial charge in [-0.3, -0.25) is 14.5 Å². The summed E-state index contributed by atoms with van der Waals surface area (Å²) >= 11 is 0. The van der Waals surface area contributed by atoms with Crippen molar-refractivity contribution in [1.29, 1.82) is 0 Å². The lowest BCUT2D eigenvalue weighted by Crippen LogP contribution is -2.53. The maximum absolute atomic E-state index is 13.1. The number of primary amides is 1. The first-order valence-electron chi connectivity index (χ1n) is 11.3. The minimum absolute atomic E-state index is 0.0361. The quantitative estimate of drug-likeness (QED) is 0.590. The number of hydrogen-bond donors (Lipinski definition) is 1. The Morgan fingerprint density at radius 1 is 1.00 bits per heavy atom. The first-order valence-corrected chi connectivity index (χ1v) is 12.7. The van der Waals surface area contributed by atoms with E-state index in [9.17, 15) is 22.4 Å². The molecule has 0 aromatic heterocycles. The van der Waals surface area contributed by atoms with Crippen molar-refractivity contribution in [3.8, 4) is 0 Å². The zero-order valence-corrected chi connectivity index (χ0v) is 19.2. The van der Waals surface area contributed by atoms with Crippen molar-refractivity contribution in [3.05, 3.63) is 30.1 Å². The SMILES string of the molecule is NC(=O)CN(CCC1CCCCC1)CC(=O)N1CCN(S(=O)(=O)c2ccc(F)cc2)CC1. The number of halogens is 1. The molecular weight excluding hydrogens is 435 g/mol. The average molecular weight is 469 g/mol. The summed E-state index contributed by atoms with van der Waals surface area (Å²) in [5, 5.41) is 0. The van der Waals surface area contributed by atoms with Crippen LogP contribution in [0.3, 0.4) is 0 Å². The van der Waals surface area contributed by atoms with Crippen LogP contribution in [0.4, 0.5) is 4.39 Å². The number of nitrogens with zero attached hydrogens (tertiary/aromatic N) is 3. The van der Waals surface area contributed by atoms with Crippen LogP contribution in [0.15, 0.2) is 29.2 Å². The number of carbonyl (C=O) groups excluding carboxylic acids is 2. The predicted molar refractivity (Wildman–Crippen MR) is 119 cm³/mol. The van der Waals surface area contributed by atoms with E-state index in [-0.39, 0.29) is 50.1 Å². The highest BCUT2D eigenvalue weighted by atomic mass is 32.2. The Kier molecular flexibility index (Phi) is 8.61. The summed E-state index contributed by atoms with van der Waals surface area (Å²) in [6, 6.07) is 4.73. The maximum Gasteiger partial charge on any atom is 0.243 e. The van der Waals surface area contributed by atoms with Crippen molar-refractivity contribution in [1.82, 2.24) is 14.1 Å². The van der Waals surface area contributed by atoms with E-state index in [0.717, 1.165) is 18.6 Å². The average Bonchev–Trinajstić information content (AvgIpc) is 2.78. The summed E-state index contributed by atoms with van der Waals surface area (Å²) in [6.07, 6.45) is 7.10. The number of nitrogens with two attached hydrogens (primary N) is 1. The lowest BCUT2D eigenvalue weighted by Gasteiger charge is -2.35. The predicted octanol–water partition coefficient (Wildman–Crippen LogP) is 1.42. The van der Waals surface area contributed by atoms with Crippen LogP contribution in [0.1, 0.15) is 38.5 Å². The highest BCUT2D eigenvalue weighted by molar-refractivity contribution is 7.89. The van der Waals surface area contributed by atoms with Gasteiger partial charge in [-0.1, -0.05) is 32.1 Å². The number of rotatable bonds is 9. The van der Waals surface area contributed by atoms with Crippen molar-refractivity contribution in [2.75, 3.05) is 45.8 Å². The summed E-state index contributed by atoms with van der Waals surface area (Å²) < 4.78 is 39.9. The van der Waals surface area contributed by atoms with Crippen LogP contribution in [0.25, 0.3) is 0 Å². The molecule has 0 radical (unpaired) electrons. The van der Waals surface area contributed by atoms with Gasteiger partial charge in [0.2, 0.25) is 21.8 Å². The molecule has 8 nitrogen and oxygen atoms in total. The van der Waals surface area contributed by atoms with Gasteiger partial charge in [0.25, 0.3) is 0 Å². The zero-order chi connectivity index (χ0) is 23.1. The lowest BCUT2D eigenvalue weighted by molar-refractivity contribution is -0.134. The minimum atomic E-state index is -3.73. The van der Waals surface area contributed by atoms with Crippen molar-refractivity contribution in [3.63, 3.8) is 0 Å². The van der Waals surface area contributed by atoms with Crippen molar-refractivity contribution >= 4 is 21.8 Å². The maximum atomic E-state index is 13.1. The number of benzene rings is 1. The van der Waals surface area contributed by atoms with E-state index in [1.807, 2.05) is 0 Å². The molecule has 2 N–H and O–H groups in total. The Balaban J connectivity index is 1.52. The highest BCUT2D eigenvalue weighted by Crippen LogP contribution is 2.26. The van der Waals surface area contributed by atoms with Crippen LogP contribution in [-0.2, 0) is 19.6 Å². The number of hydrogen-bond acceptors (Lipinski definition) is 5. The summed E-state index contributed by atoms with van der Waals surface area (Å²) in [4.78, 5) is 27.8. The van der Waals surface area contributed by atoms with Crippen LogP contribution < -0.4 is 5.73 Å². The van der Waals surface area contributed by atoms with Gasteiger partial charge in [0.15, 0.2) is 0 Å². The zero-order valence-electron chi connectivity index (χ0n) is 18.4. The van der Waals surface area contributed by atoms with Crippen LogP contribution >= 0.6 is 0 Å². The second-order valence-electron chi connectivity index (χ2n) is 8.71. The smallest absolute Gasteiger partial charge is 0.243 e.